The van der Waals surface area contributed by atoms with Crippen molar-refractivity contribution < 1.29 is 17.7 Å². The second-order valence-corrected chi connectivity index (χ2v) is 8.50. The fraction of sp³-hybridized carbons (Fsp3) is 0.158. The standard InChI is InChI=1S/C19H17ClN2O4S/c1-12-17(18(21-26-12)15-6-4-5-7-16(15)20)19(23)22(2)13-8-10-14(11-9-13)27(3,24)25/h4-11H,1-3H3. The van der Waals surface area contributed by atoms with Gasteiger partial charge in [0.2, 0.25) is 0 Å². The van der Waals surface area contributed by atoms with Gasteiger partial charge in [-0.1, -0.05) is 35.0 Å². The molecule has 0 atom stereocenters. The number of benzene rings is 2. The number of amides is 1. The van der Waals surface area contributed by atoms with Gasteiger partial charge in [-0.25, -0.2) is 8.42 Å². The Bertz CT molecular complexity index is 1100. The van der Waals surface area contributed by atoms with Gasteiger partial charge in [-0.05, 0) is 37.3 Å². The number of anilines is 1. The van der Waals surface area contributed by atoms with Gasteiger partial charge >= 0.3 is 0 Å². The zero-order valence-corrected chi connectivity index (χ0v) is 16.5. The van der Waals surface area contributed by atoms with E-state index in [0.29, 0.717) is 33.3 Å². The molecule has 1 amide bonds. The molecule has 1 aromatic heterocycles. The molecule has 0 saturated carbocycles. The zero-order chi connectivity index (χ0) is 19.8. The molecule has 27 heavy (non-hydrogen) atoms. The van der Waals surface area contributed by atoms with E-state index in [2.05, 4.69) is 5.16 Å². The van der Waals surface area contributed by atoms with Crippen molar-refractivity contribution in [2.24, 2.45) is 0 Å². The molecule has 8 heteroatoms. The molecule has 1 heterocycles. The molecule has 140 valence electrons. The summed E-state index contributed by atoms with van der Waals surface area (Å²) in [6, 6.07) is 13.1. The maximum absolute atomic E-state index is 13.1. The molecule has 0 bridgehead atoms. The molecular weight excluding hydrogens is 388 g/mol. The van der Waals surface area contributed by atoms with Crippen LogP contribution in [0.2, 0.25) is 5.02 Å². The molecule has 0 aliphatic heterocycles. The molecule has 0 aliphatic carbocycles. The Hall–Kier alpha value is -2.64. The normalized spacial score (nSPS) is 11.4. The minimum atomic E-state index is -3.31. The summed E-state index contributed by atoms with van der Waals surface area (Å²) in [4.78, 5) is 14.7. The van der Waals surface area contributed by atoms with Gasteiger partial charge in [0.05, 0.1) is 9.92 Å². The number of hydrogen-bond donors (Lipinski definition) is 0. The highest BCUT2D eigenvalue weighted by atomic mass is 35.5. The third kappa shape index (κ3) is 3.74. The van der Waals surface area contributed by atoms with Crippen LogP contribution in [0, 0.1) is 6.92 Å². The lowest BCUT2D eigenvalue weighted by Gasteiger charge is -2.18. The fourth-order valence-electron chi connectivity index (χ4n) is 2.66. The summed E-state index contributed by atoms with van der Waals surface area (Å²) in [6.07, 6.45) is 1.13. The van der Waals surface area contributed by atoms with Crippen LogP contribution in [0.5, 0.6) is 0 Å². The van der Waals surface area contributed by atoms with Crippen LogP contribution >= 0.6 is 11.6 Å². The first-order valence-corrected chi connectivity index (χ1v) is 10.3. The van der Waals surface area contributed by atoms with Gasteiger partial charge in [0, 0.05) is 24.6 Å². The SMILES string of the molecule is Cc1onc(-c2ccccc2Cl)c1C(=O)N(C)c1ccc(S(C)(=O)=O)cc1. The smallest absolute Gasteiger partial charge is 0.263 e. The lowest BCUT2D eigenvalue weighted by Crippen LogP contribution is -2.27. The van der Waals surface area contributed by atoms with Crippen LogP contribution in [0.25, 0.3) is 11.3 Å². The van der Waals surface area contributed by atoms with Gasteiger partial charge in [0.25, 0.3) is 5.91 Å². The van der Waals surface area contributed by atoms with E-state index in [1.54, 1.807) is 50.4 Å². The van der Waals surface area contributed by atoms with E-state index in [1.165, 1.54) is 17.0 Å². The fourth-order valence-corrected chi connectivity index (χ4v) is 3.52. The zero-order valence-electron chi connectivity index (χ0n) is 14.9. The molecule has 0 radical (unpaired) electrons. The Morgan fingerprint density at radius 1 is 1.11 bits per heavy atom. The first-order chi connectivity index (χ1) is 12.7. The molecule has 0 spiro atoms. The molecule has 0 unspecified atom stereocenters. The van der Waals surface area contributed by atoms with Crippen LogP contribution in [0.1, 0.15) is 16.1 Å². The van der Waals surface area contributed by atoms with Crippen molar-refractivity contribution in [1.82, 2.24) is 5.16 Å². The van der Waals surface area contributed by atoms with E-state index >= 15 is 0 Å². The largest absolute Gasteiger partial charge is 0.360 e. The minimum absolute atomic E-state index is 0.185. The second-order valence-electron chi connectivity index (χ2n) is 6.07. The van der Waals surface area contributed by atoms with Crippen LogP contribution in [0.15, 0.2) is 57.9 Å². The van der Waals surface area contributed by atoms with Crippen molar-refractivity contribution in [2.45, 2.75) is 11.8 Å². The number of sulfone groups is 1. The van der Waals surface area contributed by atoms with E-state index in [0.717, 1.165) is 6.26 Å². The number of carbonyl (C=O) groups is 1. The number of hydrogen-bond acceptors (Lipinski definition) is 5. The Labute approximate surface area is 162 Å². The molecule has 0 saturated heterocycles. The summed E-state index contributed by atoms with van der Waals surface area (Å²) >= 11 is 6.24. The molecular formula is C19H17ClN2O4S. The van der Waals surface area contributed by atoms with Gasteiger partial charge in [0.1, 0.15) is 17.0 Å². The summed E-state index contributed by atoms with van der Waals surface area (Å²) in [6.45, 7) is 1.65. The van der Waals surface area contributed by atoms with Crippen LogP contribution in [0.4, 0.5) is 5.69 Å². The summed E-state index contributed by atoms with van der Waals surface area (Å²) in [5.74, 6) is 0.0327. The Morgan fingerprint density at radius 3 is 2.33 bits per heavy atom. The van der Waals surface area contributed by atoms with Crippen molar-refractivity contribution in [3.05, 3.63) is 64.9 Å². The van der Waals surface area contributed by atoms with Crippen molar-refractivity contribution in [2.75, 3.05) is 18.2 Å². The number of aryl methyl sites for hydroxylation is 1. The Morgan fingerprint density at radius 2 is 1.74 bits per heavy atom. The second kappa shape index (κ2) is 7.17. The number of carbonyl (C=O) groups excluding carboxylic acids is 1. The van der Waals surface area contributed by atoms with E-state index in [4.69, 9.17) is 16.1 Å². The van der Waals surface area contributed by atoms with E-state index in [1.807, 2.05) is 0 Å². The van der Waals surface area contributed by atoms with E-state index in [-0.39, 0.29) is 10.8 Å². The third-order valence-corrected chi connectivity index (χ3v) is 5.62. The van der Waals surface area contributed by atoms with Crippen LogP contribution < -0.4 is 4.90 Å². The molecule has 6 nitrogen and oxygen atoms in total. The first kappa shape index (κ1) is 19.1. The van der Waals surface area contributed by atoms with Gasteiger partial charge in [-0.3, -0.25) is 4.79 Å². The van der Waals surface area contributed by atoms with Crippen LogP contribution in [0.3, 0.4) is 0 Å². The maximum atomic E-state index is 13.1. The highest BCUT2D eigenvalue weighted by molar-refractivity contribution is 7.90. The van der Waals surface area contributed by atoms with Gasteiger partial charge in [0.15, 0.2) is 9.84 Å². The number of aromatic nitrogens is 1. The average molecular weight is 405 g/mol. The molecule has 0 N–H and O–H groups in total. The lowest BCUT2D eigenvalue weighted by atomic mass is 10.0. The monoisotopic (exact) mass is 404 g/mol. The maximum Gasteiger partial charge on any atom is 0.263 e. The van der Waals surface area contributed by atoms with Crippen LogP contribution in [-0.4, -0.2) is 32.8 Å². The Kier molecular flexibility index (Phi) is 5.08. The number of nitrogens with zero attached hydrogens (tertiary/aromatic N) is 2. The van der Waals surface area contributed by atoms with E-state index < -0.39 is 9.84 Å². The summed E-state index contributed by atoms with van der Waals surface area (Å²) in [7, 11) is -1.71. The number of rotatable bonds is 4. The van der Waals surface area contributed by atoms with Crippen molar-refractivity contribution >= 4 is 33.0 Å². The minimum Gasteiger partial charge on any atom is -0.360 e. The predicted molar refractivity (Wildman–Crippen MR) is 104 cm³/mol. The summed E-state index contributed by atoms with van der Waals surface area (Å²) in [5, 5.41) is 4.46. The molecule has 3 rings (SSSR count). The Balaban J connectivity index is 1.99. The van der Waals surface area contributed by atoms with Crippen molar-refractivity contribution in [3.63, 3.8) is 0 Å². The van der Waals surface area contributed by atoms with E-state index in [9.17, 15) is 13.2 Å². The quantitative estimate of drug-likeness (QED) is 0.656. The molecule has 0 fully saturated rings. The molecule has 2 aromatic carbocycles. The number of halogens is 1. The summed E-state index contributed by atoms with van der Waals surface area (Å²) in [5.41, 5.74) is 1.80. The highest BCUT2D eigenvalue weighted by Gasteiger charge is 2.26. The first-order valence-electron chi connectivity index (χ1n) is 7.99. The van der Waals surface area contributed by atoms with Gasteiger partial charge in [-0.15, -0.1) is 0 Å². The van der Waals surface area contributed by atoms with Crippen LogP contribution in [-0.2, 0) is 9.84 Å². The van der Waals surface area contributed by atoms with Gasteiger partial charge in [-0.2, -0.15) is 0 Å². The van der Waals surface area contributed by atoms with Crippen molar-refractivity contribution in [1.29, 1.82) is 0 Å². The van der Waals surface area contributed by atoms with Gasteiger partial charge < -0.3 is 9.42 Å². The average Bonchev–Trinajstić information content (AvgIpc) is 3.01. The lowest BCUT2D eigenvalue weighted by molar-refractivity contribution is 0.0992. The molecule has 0 aliphatic rings. The summed E-state index contributed by atoms with van der Waals surface area (Å²) < 4.78 is 28.4. The van der Waals surface area contributed by atoms with Crippen molar-refractivity contribution in [3.8, 4) is 11.3 Å². The molecule has 3 aromatic rings. The topological polar surface area (TPSA) is 80.5 Å². The third-order valence-electron chi connectivity index (χ3n) is 4.16. The highest BCUT2D eigenvalue weighted by Crippen LogP contribution is 2.32. The predicted octanol–water partition coefficient (Wildman–Crippen LogP) is 3.98.